The fourth-order valence-corrected chi connectivity index (χ4v) is 18.2. The molecule has 47 nitrogen and oxygen atoms in total. The van der Waals surface area contributed by atoms with E-state index in [2.05, 4.69) is 31.9 Å². The first-order valence-corrected chi connectivity index (χ1v) is 48.6. The molecule has 0 unspecified atom stereocenters. The molecule has 13 N–H and O–H groups in total. The summed E-state index contributed by atoms with van der Waals surface area (Å²) in [5.74, 6) is -14.3. The number of aliphatic hydroxyl groups is 4. The number of hydrogen-bond acceptors (Lipinski definition) is 36. The van der Waals surface area contributed by atoms with Gasteiger partial charge in [0, 0.05) is 85.3 Å². The summed E-state index contributed by atoms with van der Waals surface area (Å²) in [6.07, 6.45) is -14.7. The monoisotopic (exact) mass is 2100 g/mol. The SMILES string of the molecule is CCN(COCC(=O)[C@@]12O[C@H](c3cccc(F)c3)O[C@@H]1C[C@H]1[C@@H]3C[C@H](F)C4=CC(=O)C=C[C@]4(C)[C@@]3(F)[C@@H](O)C[C@@]12C)C(=O)OCc1ccc(O[C@@H]2O[C@H](C(=O)O)[C@@H](O)[C@H](O)[C@H]2O)c(NC(=O)CCNC(=O)CCc2ccc(N3C(=O)C=CC3=O)cc2C(=O)NCC(=O)NCC(=O)NCCOCCOCCOCCOCCOCCOCCOCCOCCOCCOCCOCCOCCC(=O)N[C@@H](CCC(=O)O)C(=O)O)c1. The van der Waals surface area contributed by atoms with Gasteiger partial charge in [-0.05, 0) is 117 Å². The number of anilines is 2. The van der Waals surface area contributed by atoms with Crippen LogP contribution in [-0.2, 0) is 151 Å². The van der Waals surface area contributed by atoms with Crippen LogP contribution in [0.5, 0.6) is 5.75 Å². The smallest absolute Gasteiger partial charge is 0.411 e. The van der Waals surface area contributed by atoms with Crippen LogP contribution in [0.3, 0.4) is 0 Å². The Morgan fingerprint density at radius 3 is 1.71 bits per heavy atom. The van der Waals surface area contributed by atoms with Crippen LogP contribution in [0.15, 0.2) is 96.6 Å². The third-order valence-corrected chi connectivity index (χ3v) is 25.7. The highest BCUT2D eigenvalue weighted by Crippen LogP contribution is 2.73. The van der Waals surface area contributed by atoms with Crippen LogP contribution in [-0.4, -0.2) is 394 Å². The van der Waals surface area contributed by atoms with Crippen LogP contribution in [0.25, 0.3) is 0 Å². The lowest BCUT2D eigenvalue weighted by atomic mass is 9.44. The normalized spacial score (nSPS) is 24.3. The molecule has 0 bridgehead atoms. The van der Waals surface area contributed by atoms with Crippen molar-refractivity contribution in [1.82, 2.24) is 31.5 Å². The number of carboxylic acids is 3. The molecule has 0 spiro atoms. The highest BCUT2D eigenvalue weighted by Gasteiger charge is 2.80. The van der Waals surface area contributed by atoms with Gasteiger partial charge in [0.1, 0.15) is 62.0 Å². The number of aryl methyl sites for hydroxylation is 1. The standard InChI is InChI=1S/C98H131F3N8O39/c1-4-108(59-143-58-75(112)98-76(146-92(148-98)62-6-5-7-63(99)49-62)53-67-68-52-70(100)69-51-65(110)18-21-95(69,2)97(68,101)74(111)54-96(67,98)3)94(130)144-57-60-8-13-73(145-93-87(124)85(122)86(123)88(147-93)91(128)129)72(48-60)107-78(114)19-22-102-77(113)14-10-61-9-11-64(109-82(118)15-16-83(109)119)50-66(61)89(125)105-56-81(117)104-55-80(116)103-23-25-132-27-29-134-31-33-136-35-37-138-39-41-140-43-45-142-47-46-141-44-42-139-40-38-137-36-34-135-32-30-133-28-26-131-24-20-79(115)106-71(90(126)127)12-17-84(120)121/h5-9,11,13,15-16,18,21,48-51,67-68,70-71,74,76,85-88,92-93,111,122-124H,4,10,12,14,17,19-20,22-47,52-59H2,1-3H3,(H,102,113)(H,103,116)(H,104,117)(H,105,125)(H,106,115)(H,107,114)(H,120,121)(H,126,127)(H,128,129)/t67-,68-,70-,71-,74-,76+,85-,86-,87+,88-,92+,93+,95-,96-,97-,98+/m0/s1. The molecule has 3 aromatic carbocycles. The number of nitrogens with one attached hydrogen (secondary N) is 6. The van der Waals surface area contributed by atoms with Crippen molar-refractivity contribution in [3.8, 4) is 5.75 Å². The Hall–Kier alpha value is -11.3. The zero-order valence-electron chi connectivity index (χ0n) is 82.3. The van der Waals surface area contributed by atoms with Gasteiger partial charge in [-0.15, -0.1) is 0 Å². The van der Waals surface area contributed by atoms with Gasteiger partial charge in [0.25, 0.3) is 17.7 Å². The molecule has 9 amide bonds. The number of benzene rings is 3. The minimum atomic E-state index is -2.53. The van der Waals surface area contributed by atoms with Crippen molar-refractivity contribution in [2.75, 3.05) is 215 Å². The molecule has 4 aliphatic carbocycles. The number of aliphatic hydroxyl groups excluding tert-OH is 4. The van der Waals surface area contributed by atoms with E-state index in [0.717, 1.165) is 40.2 Å². The van der Waals surface area contributed by atoms with E-state index >= 15 is 13.6 Å². The molecule has 3 aromatic rings. The number of ether oxygens (including phenoxy) is 18. The van der Waals surface area contributed by atoms with Gasteiger partial charge in [0.15, 0.2) is 35.2 Å². The van der Waals surface area contributed by atoms with Gasteiger partial charge in [-0.3, -0.25) is 57.6 Å². The second-order valence-electron chi connectivity index (χ2n) is 35.6. The number of fused-ring (bicyclic) bond motifs is 7. The molecule has 10 rings (SSSR count). The molecule has 16 atom stereocenters. The number of carboxylic acid groups (broad SMARTS) is 3. The number of imide groups is 1. The fraction of sp³-hybridized carbons (Fsp3) is 0.612. The predicted octanol–water partition coefficient (Wildman–Crippen LogP) is 0.873. The topological polar surface area (TPSA) is 625 Å². The minimum Gasteiger partial charge on any atom is -0.481 e. The Morgan fingerprint density at radius 1 is 0.574 bits per heavy atom. The van der Waals surface area contributed by atoms with Crippen molar-refractivity contribution in [2.24, 2.45) is 22.7 Å². The molecule has 2 saturated heterocycles. The van der Waals surface area contributed by atoms with Gasteiger partial charge >= 0.3 is 24.0 Å². The summed E-state index contributed by atoms with van der Waals surface area (Å²) in [5.41, 5.74) is -7.78. The summed E-state index contributed by atoms with van der Waals surface area (Å²) in [4.78, 5) is 181. The van der Waals surface area contributed by atoms with E-state index in [4.69, 9.17) is 95.5 Å². The van der Waals surface area contributed by atoms with E-state index in [1.807, 2.05) is 0 Å². The first-order chi connectivity index (χ1) is 71.0. The van der Waals surface area contributed by atoms with E-state index in [1.165, 1.54) is 67.6 Å². The Morgan fingerprint density at radius 2 is 1.14 bits per heavy atom. The number of nitrogens with zero attached hydrogens (tertiary/aromatic N) is 2. The average Bonchev–Trinajstić information content (AvgIpc) is 1.48. The van der Waals surface area contributed by atoms with Crippen LogP contribution in [0.1, 0.15) is 105 Å². The van der Waals surface area contributed by atoms with E-state index in [0.29, 0.717) is 112 Å². The lowest BCUT2D eigenvalue weighted by Crippen LogP contribution is -2.70. The molecule has 7 aliphatic rings. The van der Waals surface area contributed by atoms with Crippen LogP contribution in [0.4, 0.5) is 29.3 Å². The Bertz CT molecular complexity index is 5060. The lowest BCUT2D eigenvalue weighted by Gasteiger charge is -2.63. The number of hydrogen-bond donors (Lipinski definition) is 13. The van der Waals surface area contributed by atoms with Crippen LogP contribution in [0.2, 0.25) is 0 Å². The van der Waals surface area contributed by atoms with E-state index in [-0.39, 0.29) is 149 Å². The van der Waals surface area contributed by atoms with Crippen molar-refractivity contribution in [1.29, 1.82) is 0 Å². The number of alkyl halides is 2. The molecule has 148 heavy (non-hydrogen) atoms. The number of aliphatic carboxylic acids is 3. The number of rotatable bonds is 69. The number of amides is 9. The summed E-state index contributed by atoms with van der Waals surface area (Å²) >= 11 is 0. The van der Waals surface area contributed by atoms with E-state index < -0.39 is 236 Å². The molecule has 0 aromatic heterocycles. The second-order valence-corrected chi connectivity index (χ2v) is 35.6. The first-order valence-electron chi connectivity index (χ1n) is 48.6. The van der Waals surface area contributed by atoms with Crippen molar-refractivity contribution >= 4 is 94.2 Å². The quantitative estimate of drug-likeness (QED) is 0.0212. The van der Waals surface area contributed by atoms with Crippen LogP contribution < -0.4 is 41.5 Å². The molecule has 50 heteroatoms. The number of carbonyl (C=O) groups excluding carboxylic acids is 11. The minimum absolute atomic E-state index is 0.0205. The van der Waals surface area contributed by atoms with Gasteiger partial charge in [-0.1, -0.05) is 37.3 Å². The molecule has 3 heterocycles. The summed E-state index contributed by atoms with van der Waals surface area (Å²) in [7, 11) is 0. The number of halogens is 3. The van der Waals surface area contributed by atoms with Gasteiger partial charge in [-0.2, -0.15) is 0 Å². The summed E-state index contributed by atoms with van der Waals surface area (Å²) in [6.45, 7) is 8.75. The third-order valence-electron chi connectivity index (χ3n) is 25.7. The number of allylic oxidation sites excluding steroid dienone is 4. The highest BCUT2D eigenvalue weighted by molar-refractivity contribution is 6.28. The van der Waals surface area contributed by atoms with Gasteiger partial charge in [-0.25, -0.2) is 32.5 Å². The molecule has 5 fully saturated rings. The molecule has 818 valence electrons. The Kier molecular flexibility index (Phi) is 47.5. The number of Topliss-reactive ketones (excluding diaryl/α,β-unsaturated/α-hetero) is 1. The Labute approximate surface area is 849 Å². The molecule has 3 saturated carbocycles. The zero-order valence-corrected chi connectivity index (χ0v) is 82.3. The second kappa shape index (κ2) is 59.3. The summed E-state index contributed by atoms with van der Waals surface area (Å²) < 4.78 is 151. The third kappa shape index (κ3) is 33.3. The highest BCUT2D eigenvalue weighted by atomic mass is 19.1. The largest absolute Gasteiger partial charge is 0.481 e. The Balaban J connectivity index is 0.571. The van der Waals surface area contributed by atoms with Gasteiger partial charge < -0.3 is 153 Å². The predicted molar refractivity (Wildman–Crippen MR) is 504 cm³/mol. The molecule has 3 aliphatic heterocycles. The van der Waals surface area contributed by atoms with Gasteiger partial charge in [0.2, 0.25) is 35.8 Å². The maximum absolute atomic E-state index is 18.3. The maximum Gasteiger partial charge on any atom is 0.411 e. The maximum atomic E-state index is 18.3. The lowest BCUT2D eigenvalue weighted by molar-refractivity contribution is -0.271. The summed E-state index contributed by atoms with van der Waals surface area (Å²) in [6, 6.07) is 11.7. The molecular weight excluding hydrogens is 1970 g/mol. The number of ketones is 2. The first kappa shape index (κ1) is 119. The zero-order chi connectivity index (χ0) is 107. The van der Waals surface area contributed by atoms with Crippen molar-refractivity contribution in [3.05, 3.63) is 125 Å². The number of carbonyl (C=O) groups is 14. The van der Waals surface area contributed by atoms with Crippen LogP contribution in [0, 0.1) is 28.5 Å². The molecule has 0 radical (unpaired) electrons. The van der Waals surface area contributed by atoms with Crippen molar-refractivity contribution < 1.29 is 201 Å². The molecular formula is C98H131F3N8O39. The van der Waals surface area contributed by atoms with Crippen LogP contribution >= 0.6 is 0 Å². The fourth-order valence-electron chi connectivity index (χ4n) is 18.2. The van der Waals surface area contributed by atoms with E-state index in [9.17, 15) is 92.3 Å². The van der Waals surface area contributed by atoms with Crippen molar-refractivity contribution in [3.63, 3.8) is 0 Å². The van der Waals surface area contributed by atoms with E-state index in [1.54, 1.807) is 13.8 Å². The van der Waals surface area contributed by atoms with Gasteiger partial charge in [0.05, 0.1) is 195 Å². The summed E-state index contributed by atoms with van der Waals surface area (Å²) in [5, 5.41) is 86.5. The van der Waals surface area contributed by atoms with Crippen molar-refractivity contribution in [2.45, 2.75) is 158 Å². The average molecular weight is 2100 g/mol.